The smallest absolute Gasteiger partial charge is 0.0811 e. The van der Waals surface area contributed by atoms with E-state index in [2.05, 4.69) is 19.1 Å². The second-order valence-electron chi connectivity index (χ2n) is 4.18. The summed E-state index contributed by atoms with van der Waals surface area (Å²) in [6.07, 6.45) is 0.794. The molecule has 2 atom stereocenters. The molecule has 0 spiro atoms. The molecule has 1 heterocycles. The highest BCUT2D eigenvalue weighted by atomic mass is 32.2. The first-order valence-electron chi connectivity index (χ1n) is 5.05. The van der Waals surface area contributed by atoms with Crippen LogP contribution in [0.5, 0.6) is 0 Å². The highest BCUT2D eigenvalue weighted by molar-refractivity contribution is 7.99. The SMILES string of the molecule is CC1CSCC1(O)Cc1ccccc1. The summed E-state index contributed by atoms with van der Waals surface area (Å²) in [4.78, 5) is 0. The van der Waals surface area contributed by atoms with Crippen LogP contribution in [0.2, 0.25) is 0 Å². The van der Waals surface area contributed by atoms with Gasteiger partial charge in [-0.25, -0.2) is 0 Å². The Morgan fingerprint density at radius 3 is 2.71 bits per heavy atom. The molecule has 0 bridgehead atoms. The summed E-state index contributed by atoms with van der Waals surface area (Å²) in [7, 11) is 0. The fourth-order valence-electron chi connectivity index (χ4n) is 1.88. The summed E-state index contributed by atoms with van der Waals surface area (Å²) in [6.45, 7) is 2.14. The molecule has 1 aliphatic rings. The van der Waals surface area contributed by atoms with Gasteiger partial charge in [-0.1, -0.05) is 37.3 Å². The molecule has 0 amide bonds. The van der Waals surface area contributed by atoms with Gasteiger partial charge in [0, 0.05) is 12.2 Å². The van der Waals surface area contributed by atoms with Gasteiger partial charge in [-0.15, -0.1) is 0 Å². The predicted octanol–water partition coefficient (Wildman–Crippen LogP) is 2.34. The van der Waals surface area contributed by atoms with Gasteiger partial charge in [-0.05, 0) is 17.2 Å². The Hall–Kier alpha value is -0.470. The first-order valence-corrected chi connectivity index (χ1v) is 6.20. The monoisotopic (exact) mass is 208 g/mol. The zero-order chi connectivity index (χ0) is 10.0. The standard InChI is InChI=1S/C12H16OS/c1-10-8-14-9-12(10,13)7-11-5-3-2-4-6-11/h2-6,10,13H,7-9H2,1H3. The molecular formula is C12H16OS. The summed E-state index contributed by atoms with van der Waals surface area (Å²) in [5.74, 6) is 2.37. The number of benzene rings is 1. The van der Waals surface area contributed by atoms with Crippen LogP contribution < -0.4 is 0 Å². The van der Waals surface area contributed by atoms with Gasteiger partial charge in [0.05, 0.1) is 5.60 Å². The summed E-state index contributed by atoms with van der Waals surface area (Å²) >= 11 is 1.86. The maximum atomic E-state index is 10.4. The zero-order valence-corrected chi connectivity index (χ0v) is 9.26. The number of rotatable bonds is 2. The Balaban J connectivity index is 2.10. The molecule has 1 N–H and O–H groups in total. The molecule has 1 aromatic carbocycles. The fraction of sp³-hybridized carbons (Fsp3) is 0.500. The molecule has 2 unspecified atom stereocenters. The molecule has 0 saturated carbocycles. The molecule has 2 heteroatoms. The first kappa shape index (κ1) is 10.1. The van der Waals surface area contributed by atoms with E-state index in [1.54, 1.807) is 0 Å². The van der Waals surface area contributed by atoms with Crippen molar-refractivity contribution in [1.82, 2.24) is 0 Å². The van der Waals surface area contributed by atoms with Gasteiger partial charge in [0.1, 0.15) is 0 Å². The molecule has 14 heavy (non-hydrogen) atoms. The largest absolute Gasteiger partial charge is 0.388 e. The van der Waals surface area contributed by atoms with E-state index in [1.165, 1.54) is 5.56 Å². The maximum Gasteiger partial charge on any atom is 0.0811 e. The normalized spacial score (nSPS) is 32.0. The fourth-order valence-corrected chi connectivity index (χ4v) is 3.41. The molecule has 1 nitrogen and oxygen atoms in total. The second-order valence-corrected chi connectivity index (χ2v) is 5.21. The van der Waals surface area contributed by atoms with Crippen molar-refractivity contribution in [2.75, 3.05) is 11.5 Å². The van der Waals surface area contributed by atoms with Crippen LogP contribution in [0, 0.1) is 5.92 Å². The van der Waals surface area contributed by atoms with Crippen LogP contribution in [0.1, 0.15) is 12.5 Å². The molecule has 1 aliphatic heterocycles. The van der Waals surface area contributed by atoms with E-state index in [0.717, 1.165) is 17.9 Å². The van der Waals surface area contributed by atoms with Gasteiger partial charge in [0.25, 0.3) is 0 Å². The lowest BCUT2D eigenvalue weighted by Crippen LogP contribution is -2.37. The van der Waals surface area contributed by atoms with Crippen LogP contribution in [-0.2, 0) is 6.42 Å². The van der Waals surface area contributed by atoms with Gasteiger partial charge in [0.15, 0.2) is 0 Å². The lowest BCUT2D eigenvalue weighted by Gasteiger charge is -2.26. The molecule has 0 aliphatic carbocycles. The molecular weight excluding hydrogens is 192 g/mol. The van der Waals surface area contributed by atoms with Gasteiger partial charge in [0.2, 0.25) is 0 Å². The van der Waals surface area contributed by atoms with Crippen molar-refractivity contribution in [3.63, 3.8) is 0 Å². The lowest BCUT2D eigenvalue weighted by molar-refractivity contribution is 0.0278. The molecule has 1 saturated heterocycles. The van der Waals surface area contributed by atoms with Gasteiger partial charge in [-0.2, -0.15) is 11.8 Å². The molecule has 1 fully saturated rings. The van der Waals surface area contributed by atoms with E-state index in [1.807, 2.05) is 30.0 Å². The highest BCUT2D eigenvalue weighted by Gasteiger charge is 2.38. The van der Waals surface area contributed by atoms with Crippen molar-refractivity contribution < 1.29 is 5.11 Å². The van der Waals surface area contributed by atoms with Crippen LogP contribution in [0.25, 0.3) is 0 Å². The molecule has 1 aromatic rings. The van der Waals surface area contributed by atoms with Crippen molar-refractivity contribution >= 4 is 11.8 Å². The Morgan fingerprint density at radius 1 is 1.43 bits per heavy atom. The van der Waals surface area contributed by atoms with Gasteiger partial charge in [-0.3, -0.25) is 0 Å². The van der Waals surface area contributed by atoms with Gasteiger partial charge >= 0.3 is 0 Å². The number of thioether (sulfide) groups is 1. The average molecular weight is 208 g/mol. The first-order chi connectivity index (χ1) is 6.71. The van der Waals surface area contributed by atoms with Crippen molar-refractivity contribution in [1.29, 1.82) is 0 Å². The number of aliphatic hydroxyl groups is 1. The van der Waals surface area contributed by atoms with Crippen LogP contribution in [0.3, 0.4) is 0 Å². The van der Waals surface area contributed by atoms with E-state index in [4.69, 9.17) is 0 Å². The summed E-state index contributed by atoms with van der Waals surface area (Å²) in [5, 5.41) is 10.4. The van der Waals surface area contributed by atoms with Gasteiger partial charge < -0.3 is 5.11 Å². The van der Waals surface area contributed by atoms with E-state index in [-0.39, 0.29) is 0 Å². The van der Waals surface area contributed by atoms with Crippen molar-refractivity contribution in [3.05, 3.63) is 35.9 Å². The highest BCUT2D eigenvalue weighted by Crippen LogP contribution is 2.35. The second kappa shape index (κ2) is 3.95. The molecule has 76 valence electrons. The summed E-state index contributed by atoms with van der Waals surface area (Å²) in [5.41, 5.74) is 0.760. The quantitative estimate of drug-likeness (QED) is 0.805. The summed E-state index contributed by atoms with van der Waals surface area (Å²) in [6, 6.07) is 10.3. The third-order valence-electron chi connectivity index (χ3n) is 2.99. The zero-order valence-electron chi connectivity index (χ0n) is 8.44. The average Bonchev–Trinajstić information content (AvgIpc) is 2.48. The van der Waals surface area contributed by atoms with Crippen LogP contribution >= 0.6 is 11.8 Å². The van der Waals surface area contributed by atoms with E-state index in [0.29, 0.717) is 5.92 Å². The minimum atomic E-state index is -0.480. The Kier molecular flexibility index (Phi) is 2.84. The summed E-state index contributed by atoms with van der Waals surface area (Å²) < 4.78 is 0. The van der Waals surface area contributed by atoms with Crippen LogP contribution in [0.4, 0.5) is 0 Å². The van der Waals surface area contributed by atoms with Crippen molar-refractivity contribution in [2.24, 2.45) is 5.92 Å². The molecule has 2 rings (SSSR count). The van der Waals surface area contributed by atoms with Crippen molar-refractivity contribution in [2.45, 2.75) is 18.9 Å². The third-order valence-corrected chi connectivity index (χ3v) is 4.43. The number of hydrogen-bond acceptors (Lipinski definition) is 2. The Morgan fingerprint density at radius 2 is 2.14 bits per heavy atom. The van der Waals surface area contributed by atoms with Crippen LogP contribution in [0.15, 0.2) is 30.3 Å². The van der Waals surface area contributed by atoms with Crippen molar-refractivity contribution in [3.8, 4) is 0 Å². The predicted molar refractivity (Wildman–Crippen MR) is 61.6 cm³/mol. The number of hydrogen-bond donors (Lipinski definition) is 1. The Labute approximate surface area is 89.5 Å². The molecule has 0 radical (unpaired) electrons. The molecule has 0 aromatic heterocycles. The lowest BCUT2D eigenvalue weighted by atomic mass is 9.86. The topological polar surface area (TPSA) is 20.2 Å². The maximum absolute atomic E-state index is 10.4. The minimum Gasteiger partial charge on any atom is -0.388 e. The van der Waals surface area contributed by atoms with E-state index < -0.39 is 5.60 Å². The minimum absolute atomic E-state index is 0.410. The third kappa shape index (κ3) is 1.96. The van der Waals surface area contributed by atoms with E-state index in [9.17, 15) is 5.11 Å². The Bertz CT molecular complexity index is 298. The van der Waals surface area contributed by atoms with E-state index >= 15 is 0 Å². The van der Waals surface area contributed by atoms with Crippen LogP contribution in [-0.4, -0.2) is 22.2 Å².